The normalized spacial score (nSPS) is 13.6. The Hall–Kier alpha value is -3.32. The molecule has 5 N–H and O–H groups in total. The minimum atomic E-state index is -4.53. The number of carbonyl (C=O) groups excluding carboxylic acids is 1. The molecule has 4 rings (SSSR count). The molecule has 0 saturated heterocycles. The summed E-state index contributed by atoms with van der Waals surface area (Å²) in [6.07, 6.45) is -1.55. The summed E-state index contributed by atoms with van der Waals surface area (Å²) in [6, 6.07) is 8.09. The highest BCUT2D eigenvalue weighted by Gasteiger charge is 2.37. The Balaban J connectivity index is 0.000000189. The zero-order valence-electron chi connectivity index (χ0n) is 17.3. The van der Waals surface area contributed by atoms with E-state index >= 15 is 0 Å². The second kappa shape index (κ2) is 9.67. The summed E-state index contributed by atoms with van der Waals surface area (Å²) in [5.41, 5.74) is 5.88. The minimum Gasteiger partial charge on any atom is -0.351 e. The molecule has 1 aliphatic rings. The largest absolute Gasteiger partial charge is 0.433 e. The zero-order valence-corrected chi connectivity index (χ0v) is 18.1. The van der Waals surface area contributed by atoms with Gasteiger partial charge in [0.05, 0.1) is 17.6 Å². The number of hydrogen-bond donors (Lipinski definition) is 3. The Bertz CT molecular complexity index is 1200. The number of pyridine rings is 1. The molecule has 0 spiro atoms. The van der Waals surface area contributed by atoms with E-state index in [1.807, 2.05) is 6.07 Å². The SMILES string of the molecule is Cc1c(C(F)(F)F)nc2c(c1NC(N)=O)CCC2.NS(=O)c1nn(-c2ccccc2)cc1F. The number of halogens is 4. The van der Waals surface area contributed by atoms with Crippen molar-refractivity contribution in [2.75, 3.05) is 5.32 Å². The van der Waals surface area contributed by atoms with Gasteiger partial charge in [0.25, 0.3) is 0 Å². The number of primary amides is 1. The first kappa shape index (κ1) is 24.3. The standard InChI is InChI=1S/C11H12F3N3O.C9H8FN3OS/c1-5-8(17-10(15)18)6-3-2-4-7(6)16-9(5)11(12,13)14;10-8-6-13(12-9(8)15(11)14)7-4-2-1-3-5-7/h2-4H2,1H3,(H3,15,16,17,18);1-6H,11H2. The quantitative estimate of drug-likeness (QED) is 0.492. The third-order valence-corrected chi connectivity index (χ3v) is 5.49. The number of nitrogens with zero attached hydrogens (tertiary/aromatic N) is 3. The highest BCUT2D eigenvalue weighted by atomic mass is 32.2. The average molecular weight is 484 g/mol. The number of aromatic nitrogens is 3. The van der Waals surface area contributed by atoms with Gasteiger partial charge in [0.1, 0.15) is 16.7 Å². The summed E-state index contributed by atoms with van der Waals surface area (Å²) in [5, 5.41) is 10.9. The van der Waals surface area contributed by atoms with Crippen LogP contribution in [0.3, 0.4) is 0 Å². The summed E-state index contributed by atoms with van der Waals surface area (Å²) in [4.78, 5) is 14.6. The number of benzene rings is 1. The van der Waals surface area contributed by atoms with Crippen molar-refractivity contribution in [2.45, 2.75) is 37.4 Å². The first-order chi connectivity index (χ1) is 15.5. The molecule has 2 heterocycles. The van der Waals surface area contributed by atoms with Crippen molar-refractivity contribution < 1.29 is 26.6 Å². The van der Waals surface area contributed by atoms with Crippen LogP contribution in [0.2, 0.25) is 0 Å². The van der Waals surface area contributed by atoms with Crippen molar-refractivity contribution in [1.82, 2.24) is 14.8 Å². The highest BCUT2D eigenvalue weighted by molar-refractivity contribution is 7.82. The third kappa shape index (κ3) is 5.54. The van der Waals surface area contributed by atoms with Gasteiger partial charge in [0.15, 0.2) is 10.8 Å². The number of nitrogens with one attached hydrogen (secondary N) is 1. The molecule has 1 aromatic carbocycles. The lowest BCUT2D eigenvalue weighted by Crippen LogP contribution is -2.23. The number of nitrogens with two attached hydrogens (primary N) is 2. The predicted molar refractivity (Wildman–Crippen MR) is 113 cm³/mol. The van der Waals surface area contributed by atoms with E-state index in [-0.39, 0.29) is 16.3 Å². The molecular weight excluding hydrogens is 464 g/mol. The van der Waals surface area contributed by atoms with Crippen molar-refractivity contribution in [3.63, 3.8) is 0 Å². The van der Waals surface area contributed by atoms with Crippen molar-refractivity contribution in [3.05, 3.63) is 64.9 Å². The minimum absolute atomic E-state index is 0.0815. The van der Waals surface area contributed by atoms with Crippen LogP contribution in [0.25, 0.3) is 5.69 Å². The second-order valence-electron chi connectivity index (χ2n) is 7.09. The lowest BCUT2D eigenvalue weighted by Gasteiger charge is -2.17. The molecule has 0 bridgehead atoms. The number of para-hydroxylation sites is 1. The Morgan fingerprint density at radius 1 is 1.21 bits per heavy atom. The van der Waals surface area contributed by atoms with Gasteiger partial charge in [-0.1, -0.05) is 18.2 Å². The van der Waals surface area contributed by atoms with E-state index in [1.165, 1.54) is 11.6 Å². The average Bonchev–Trinajstić information content (AvgIpc) is 3.36. The fraction of sp³-hybridized carbons (Fsp3) is 0.250. The molecule has 0 radical (unpaired) electrons. The van der Waals surface area contributed by atoms with E-state index in [9.17, 15) is 26.6 Å². The molecule has 1 atom stereocenters. The molecule has 2 aromatic heterocycles. The van der Waals surface area contributed by atoms with E-state index in [4.69, 9.17) is 10.9 Å². The van der Waals surface area contributed by atoms with Gasteiger partial charge in [-0.3, -0.25) is 0 Å². The molecule has 1 aliphatic carbocycles. The van der Waals surface area contributed by atoms with E-state index in [0.29, 0.717) is 29.8 Å². The molecule has 33 heavy (non-hydrogen) atoms. The molecule has 0 saturated carbocycles. The Labute approximate surface area is 188 Å². The maximum absolute atomic E-state index is 13.2. The maximum Gasteiger partial charge on any atom is 0.433 e. The molecule has 13 heteroatoms. The van der Waals surface area contributed by atoms with E-state index in [2.05, 4.69) is 15.4 Å². The van der Waals surface area contributed by atoms with Crippen molar-refractivity contribution in [2.24, 2.45) is 10.9 Å². The van der Waals surface area contributed by atoms with Crippen LogP contribution in [0.15, 0.2) is 41.6 Å². The predicted octanol–water partition coefficient (Wildman–Crippen LogP) is 3.38. The number of urea groups is 1. The van der Waals surface area contributed by atoms with Gasteiger partial charge in [0.2, 0.25) is 0 Å². The van der Waals surface area contributed by atoms with Gasteiger partial charge >= 0.3 is 12.2 Å². The number of fused-ring (bicyclic) bond motifs is 1. The molecule has 176 valence electrons. The number of carbonyl (C=O) groups is 1. The number of rotatable bonds is 3. The lowest BCUT2D eigenvalue weighted by atomic mass is 10.1. The van der Waals surface area contributed by atoms with Crippen molar-refractivity contribution in [1.29, 1.82) is 0 Å². The van der Waals surface area contributed by atoms with Crippen LogP contribution in [-0.2, 0) is 30.0 Å². The Kier molecular flexibility index (Phi) is 7.12. The third-order valence-electron chi connectivity index (χ3n) is 4.83. The Morgan fingerprint density at radius 2 is 1.88 bits per heavy atom. The van der Waals surface area contributed by atoms with Gasteiger partial charge in [0, 0.05) is 11.3 Å². The molecule has 2 amide bonds. The smallest absolute Gasteiger partial charge is 0.351 e. The number of alkyl halides is 3. The Morgan fingerprint density at radius 3 is 2.42 bits per heavy atom. The second-order valence-corrected chi connectivity index (χ2v) is 8.07. The van der Waals surface area contributed by atoms with Crippen LogP contribution in [0.5, 0.6) is 0 Å². The first-order valence-electron chi connectivity index (χ1n) is 9.61. The summed E-state index contributed by atoms with van der Waals surface area (Å²) in [5.74, 6) is -0.667. The summed E-state index contributed by atoms with van der Waals surface area (Å²) in [6.45, 7) is 1.29. The van der Waals surface area contributed by atoms with Gasteiger partial charge in [-0.2, -0.15) is 18.3 Å². The topological polar surface area (TPSA) is 129 Å². The van der Waals surface area contributed by atoms with Gasteiger partial charge in [-0.25, -0.2) is 28.2 Å². The fourth-order valence-electron chi connectivity index (χ4n) is 3.44. The number of amides is 2. The van der Waals surface area contributed by atoms with Crippen molar-refractivity contribution in [3.8, 4) is 5.69 Å². The van der Waals surface area contributed by atoms with E-state index in [0.717, 1.165) is 12.6 Å². The zero-order chi connectivity index (χ0) is 24.3. The van der Waals surface area contributed by atoms with E-state index < -0.39 is 34.7 Å². The summed E-state index contributed by atoms with van der Waals surface area (Å²) < 4.78 is 63.9. The van der Waals surface area contributed by atoms with Gasteiger partial charge < -0.3 is 11.1 Å². The molecule has 8 nitrogen and oxygen atoms in total. The maximum atomic E-state index is 13.2. The van der Waals surface area contributed by atoms with Crippen LogP contribution in [-0.4, -0.2) is 25.0 Å². The molecule has 0 fully saturated rings. The van der Waals surface area contributed by atoms with Crippen LogP contribution >= 0.6 is 0 Å². The fourth-order valence-corrected chi connectivity index (χ4v) is 3.85. The number of aryl methyl sites for hydroxylation is 1. The van der Waals surface area contributed by atoms with Crippen LogP contribution < -0.4 is 16.2 Å². The molecule has 3 aromatic rings. The van der Waals surface area contributed by atoms with E-state index in [1.54, 1.807) is 24.3 Å². The van der Waals surface area contributed by atoms with Crippen LogP contribution in [0.4, 0.5) is 28.0 Å². The monoisotopic (exact) mass is 484 g/mol. The first-order valence-corrected chi connectivity index (χ1v) is 10.8. The molecule has 0 aliphatic heterocycles. The van der Waals surface area contributed by atoms with Crippen molar-refractivity contribution >= 4 is 22.7 Å². The molecular formula is C20H20F4N6O2S. The highest BCUT2D eigenvalue weighted by Crippen LogP contribution is 2.38. The number of hydrogen-bond acceptors (Lipinski definition) is 4. The summed E-state index contributed by atoms with van der Waals surface area (Å²) in [7, 11) is -1.90. The lowest BCUT2D eigenvalue weighted by molar-refractivity contribution is -0.141. The van der Waals surface area contributed by atoms with Gasteiger partial charge in [-0.05, 0) is 43.9 Å². The number of anilines is 1. The summed E-state index contributed by atoms with van der Waals surface area (Å²) >= 11 is 0. The van der Waals surface area contributed by atoms with Gasteiger partial charge in [-0.15, -0.1) is 0 Å². The van der Waals surface area contributed by atoms with Crippen LogP contribution in [0, 0.1) is 12.7 Å². The van der Waals surface area contributed by atoms with Crippen LogP contribution in [0.1, 0.15) is 28.9 Å². The molecule has 1 unspecified atom stereocenters.